The summed E-state index contributed by atoms with van der Waals surface area (Å²) in [6.45, 7) is 1.50. The second-order valence-electron chi connectivity index (χ2n) is 5.97. The molecule has 0 aliphatic rings. The number of amides is 1. The maximum atomic E-state index is 13.2. The summed E-state index contributed by atoms with van der Waals surface area (Å²) in [5.74, 6) is -0.347. The van der Waals surface area contributed by atoms with Gasteiger partial charge >= 0.3 is 0 Å². The Bertz CT molecular complexity index is 1130. The molecule has 0 unspecified atom stereocenters. The quantitative estimate of drug-likeness (QED) is 0.259. The third kappa shape index (κ3) is 3.76. The molecule has 0 saturated carbocycles. The van der Waals surface area contributed by atoms with E-state index in [2.05, 4.69) is 10.1 Å². The molecule has 2 aromatic carbocycles. The van der Waals surface area contributed by atoms with Crippen LogP contribution in [0.25, 0.3) is 10.2 Å². The Morgan fingerprint density at radius 3 is 2.43 bits per heavy atom. The monoisotopic (exact) mass is 405 g/mol. The minimum Gasteiger partial charge on any atom is -0.295 e. The molecular formula is C21H15N3O2S2. The van der Waals surface area contributed by atoms with E-state index >= 15 is 0 Å². The fraction of sp³-hybridized carbons (Fsp3) is 0.0476. The minimum atomic E-state index is -0.304. The van der Waals surface area contributed by atoms with Crippen LogP contribution in [-0.2, 0) is 0 Å². The maximum Gasteiger partial charge on any atom is 0.280 e. The highest BCUT2D eigenvalue weighted by Crippen LogP contribution is 2.30. The number of hydrogen-bond donors (Lipinski definition) is 0. The standard InChI is InChI=1S/C21H15N3O2S2/c1-14(25)15-8-10-16(11-9-15)20(26)24(22-13-17-5-4-12-27-17)21-23-18-6-2-3-7-19(18)28-21/h2-13H,1H3/b22-13+. The number of fused-ring (bicyclic) bond motifs is 1. The second-order valence-corrected chi connectivity index (χ2v) is 7.96. The van der Waals surface area contributed by atoms with Crippen LogP contribution in [-0.4, -0.2) is 22.9 Å². The maximum absolute atomic E-state index is 13.2. The average molecular weight is 406 g/mol. The van der Waals surface area contributed by atoms with Gasteiger partial charge in [0, 0.05) is 16.0 Å². The van der Waals surface area contributed by atoms with E-state index in [0.717, 1.165) is 15.1 Å². The van der Waals surface area contributed by atoms with Crippen LogP contribution in [0.3, 0.4) is 0 Å². The van der Waals surface area contributed by atoms with Gasteiger partial charge in [-0.2, -0.15) is 10.1 Å². The number of thiophene rings is 1. The molecule has 0 aliphatic heterocycles. The number of aromatic nitrogens is 1. The van der Waals surface area contributed by atoms with E-state index in [1.807, 2.05) is 41.8 Å². The van der Waals surface area contributed by atoms with Crippen LogP contribution in [0, 0.1) is 0 Å². The predicted molar refractivity (Wildman–Crippen MR) is 115 cm³/mol. The molecule has 4 aromatic rings. The van der Waals surface area contributed by atoms with Crippen molar-refractivity contribution in [2.45, 2.75) is 6.92 Å². The summed E-state index contributed by atoms with van der Waals surface area (Å²) in [6, 6.07) is 18.1. The molecule has 5 nitrogen and oxygen atoms in total. The third-order valence-corrected chi connectivity index (χ3v) is 5.86. The lowest BCUT2D eigenvalue weighted by Crippen LogP contribution is -2.25. The Balaban J connectivity index is 1.73. The van der Waals surface area contributed by atoms with Crippen molar-refractivity contribution in [2.75, 3.05) is 5.01 Å². The predicted octanol–water partition coefficient (Wildman–Crippen LogP) is 5.24. The van der Waals surface area contributed by atoms with E-state index < -0.39 is 0 Å². The number of hydrogen-bond acceptors (Lipinski definition) is 6. The Hall–Kier alpha value is -3.16. The van der Waals surface area contributed by atoms with Gasteiger partial charge < -0.3 is 0 Å². The van der Waals surface area contributed by atoms with E-state index in [1.54, 1.807) is 30.5 Å². The van der Waals surface area contributed by atoms with Gasteiger partial charge in [0.1, 0.15) is 0 Å². The van der Waals surface area contributed by atoms with Gasteiger partial charge in [-0.3, -0.25) is 9.59 Å². The molecule has 138 valence electrons. The molecule has 7 heteroatoms. The highest BCUT2D eigenvalue weighted by Gasteiger charge is 2.21. The van der Waals surface area contributed by atoms with Crippen LogP contribution in [0.4, 0.5) is 5.13 Å². The fourth-order valence-corrected chi connectivity index (χ4v) is 4.09. The van der Waals surface area contributed by atoms with Crippen LogP contribution in [0.2, 0.25) is 0 Å². The molecule has 0 spiro atoms. The number of rotatable bonds is 5. The number of carbonyl (C=O) groups is 2. The van der Waals surface area contributed by atoms with Crippen LogP contribution >= 0.6 is 22.7 Å². The van der Waals surface area contributed by atoms with E-state index in [1.165, 1.54) is 34.6 Å². The van der Waals surface area contributed by atoms with Gasteiger partial charge in [0.05, 0.1) is 16.4 Å². The van der Waals surface area contributed by atoms with Crippen molar-refractivity contribution in [3.05, 3.63) is 82.0 Å². The molecule has 28 heavy (non-hydrogen) atoms. The van der Waals surface area contributed by atoms with Crippen molar-refractivity contribution in [1.82, 2.24) is 4.98 Å². The molecule has 0 atom stereocenters. The van der Waals surface area contributed by atoms with Crippen molar-refractivity contribution in [2.24, 2.45) is 5.10 Å². The number of ketones is 1. The molecule has 2 heterocycles. The summed E-state index contributed by atoms with van der Waals surface area (Å²) in [5.41, 5.74) is 1.82. The normalized spacial score (nSPS) is 11.2. The van der Waals surface area contributed by atoms with Gasteiger partial charge in [0.2, 0.25) is 5.13 Å². The van der Waals surface area contributed by atoms with Crippen molar-refractivity contribution in [1.29, 1.82) is 0 Å². The molecule has 0 radical (unpaired) electrons. The highest BCUT2D eigenvalue weighted by molar-refractivity contribution is 7.22. The molecule has 0 aliphatic carbocycles. The summed E-state index contributed by atoms with van der Waals surface area (Å²) in [4.78, 5) is 30.1. The molecule has 0 saturated heterocycles. The number of anilines is 1. The fourth-order valence-electron chi connectivity index (χ4n) is 2.59. The molecular weight excluding hydrogens is 390 g/mol. The largest absolute Gasteiger partial charge is 0.295 e. The first-order valence-corrected chi connectivity index (χ1v) is 10.2. The number of para-hydroxylation sites is 1. The van der Waals surface area contributed by atoms with Crippen LogP contribution < -0.4 is 5.01 Å². The smallest absolute Gasteiger partial charge is 0.280 e. The Morgan fingerprint density at radius 2 is 1.75 bits per heavy atom. The van der Waals surface area contributed by atoms with Gasteiger partial charge in [-0.25, -0.2) is 4.98 Å². The van der Waals surface area contributed by atoms with Gasteiger partial charge in [-0.15, -0.1) is 11.3 Å². The van der Waals surface area contributed by atoms with Crippen molar-refractivity contribution in [3.8, 4) is 0 Å². The molecule has 0 fully saturated rings. The first kappa shape index (κ1) is 18.2. The minimum absolute atomic E-state index is 0.0438. The SMILES string of the molecule is CC(=O)c1ccc(C(=O)N(/N=C/c2cccs2)c2nc3ccccc3s2)cc1. The molecule has 1 amide bonds. The zero-order valence-corrected chi connectivity index (χ0v) is 16.5. The molecule has 2 aromatic heterocycles. The van der Waals surface area contributed by atoms with Crippen molar-refractivity contribution < 1.29 is 9.59 Å². The van der Waals surface area contributed by atoms with E-state index in [9.17, 15) is 9.59 Å². The highest BCUT2D eigenvalue weighted by atomic mass is 32.1. The molecule has 0 bridgehead atoms. The van der Waals surface area contributed by atoms with Crippen molar-refractivity contribution in [3.63, 3.8) is 0 Å². The lowest BCUT2D eigenvalue weighted by molar-refractivity contribution is 0.0983. The summed E-state index contributed by atoms with van der Waals surface area (Å²) in [5, 5.41) is 8.17. The first-order chi connectivity index (χ1) is 13.6. The topological polar surface area (TPSA) is 62.6 Å². The third-order valence-electron chi connectivity index (χ3n) is 4.04. The van der Waals surface area contributed by atoms with Gasteiger partial charge in [0.25, 0.3) is 5.91 Å². The number of nitrogens with zero attached hydrogens (tertiary/aromatic N) is 3. The van der Waals surface area contributed by atoms with Crippen molar-refractivity contribution >= 4 is 55.9 Å². The zero-order valence-electron chi connectivity index (χ0n) is 14.9. The Labute approximate surface area is 169 Å². The summed E-state index contributed by atoms with van der Waals surface area (Å²) < 4.78 is 0.980. The Morgan fingerprint density at radius 1 is 1.00 bits per heavy atom. The van der Waals surface area contributed by atoms with Gasteiger partial charge in [0.15, 0.2) is 5.78 Å². The zero-order chi connectivity index (χ0) is 19.5. The number of carbonyl (C=O) groups excluding carboxylic acids is 2. The number of thiazole rings is 1. The van der Waals surface area contributed by atoms with E-state index in [4.69, 9.17) is 0 Å². The average Bonchev–Trinajstić information content (AvgIpc) is 3.37. The first-order valence-electron chi connectivity index (χ1n) is 8.50. The number of hydrazone groups is 1. The number of benzene rings is 2. The lowest BCUT2D eigenvalue weighted by Gasteiger charge is -2.13. The summed E-state index contributed by atoms with van der Waals surface area (Å²) >= 11 is 2.94. The summed E-state index contributed by atoms with van der Waals surface area (Å²) in [6.07, 6.45) is 1.65. The van der Waals surface area contributed by atoms with Crippen LogP contribution in [0.1, 0.15) is 32.5 Å². The van der Waals surface area contributed by atoms with Crippen LogP contribution in [0.15, 0.2) is 71.1 Å². The van der Waals surface area contributed by atoms with E-state index in [0.29, 0.717) is 16.3 Å². The number of Topliss-reactive ketones (excluding diaryl/α,β-unsaturated/α-hetero) is 1. The lowest BCUT2D eigenvalue weighted by atomic mass is 10.1. The van der Waals surface area contributed by atoms with Gasteiger partial charge in [-0.1, -0.05) is 41.7 Å². The summed E-state index contributed by atoms with van der Waals surface area (Å²) in [7, 11) is 0. The second kappa shape index (κ2) is 7.84. The van der Waals surface area contributed by atoms with Gasteiger partial charge in [-0.05, 0) is 42.6 Å². The van der Waals surface area contributed by atoms with E-state index in [-0.39, 0.29) is 11.7 Å². The molecule has 4 rings (SSSR count). The van der Waals surface area contributed by atoms with Crippen LogP contribution in [0.5, 0.6) is 0 Å². The molecule has 0 N–H and O–H groups in total. The Kier molecular flexibility index (Phi) is 5.10.